The Morgan fingerprint density at radius 1 is 1.67 bits per heavy atom. The number of rotatable bonds is 5. The summed E-state index contributed by atoms with van der Waals surface area (Å²) in [5.74, 6) is 6.21. The van der Waals surface area contributed by atoms with Crippen molar-refractivity contribution in [2.75, 3.05) is 6.61 Å². The van der Waals surface area contributed by atoms with E-state index in [4.69, 9.17) is 10.6 Å². The van der Waals surface area contributed by atoms with Gasteiger partial charge in [-0.05, 0) is 33.3 Å². The SMILES string of the molecule is CCn1nc(C)cc1CC(NN)C1CCOC1C. The van der Waals surface area contributed by atoms with Gasteiger partial charge in [0.05, 0.1) is 11.8 Å². The Kier molecular flexibility index (Phi) is 4.37. The molecule has 0 saturated carbocycles. The lowest BCUT2D eigenvalue weighted by molar-refractivity contribution is 0.0951. The highest BCUT2D eigenvalue weighted by molar-refractivity contribution is 5.11. The monoisotopic (exact) mass is 252 g/mol. The fourth-order valence-corrected chi connectivity index (χ4v) is 2.87. The maximum atomic E-state index is 5.73. The van der Waals surface area contributed by atoms with Gasteiger partial charge in [0, 0.05) is 37.2 Å². The van der Waals surface area contributed by atoms with Gasteiger partial charge in [-0.1, -0.05) is 0 Å². The van der Waals surface area contributed by atoms with Crippen LogP contribution in [0.15, 0.2) is 6.07 Å². The third-order valence-corrected chi connectivity index (χ3v) is 3.88. The molecular weight excluding hydrogens is 228 g/mol. The maximum Gasteiger partial charge on any atom is 0.0596 e. The first-order valence-electron chi connectivity index (χ1n) is 6.76. The summed E-state index contributed by atoms with van der Waals surface area (Å²) >= 11 is 0. The molecule has 1 aromatic rings. The molecule has 0 aliphatic carbocycles. The molecule has 1 fully saturated rings. The molecule has 0 bridgehead atoms. The molecule has 1 aliphatic heterocycles. The van der Waals surface area contributed by atoms with Gasteiger partial charge in [-0.25, -0.2) is 0 Å². The smallest absolute Gasteiger partial charge is 0.0596 e. The first-order chi connectivity index (χ1) is 8.65. The minimum absolute atomic E-state index is 0.254. The van der Waals surface area contributed by atoms with E-state index in [0.29, 0.717) is 5.92 Å². The van der Waals surface area contributed by atoms with Crippen molar-refractivity contribution in [3.05, 3.63) is 17.5 Å². The van der Waals surface area contributed by atoms with Crippen LogP contribution in [0.25, 0.3) is 0 Å². The summed E-state index contributed by atoms with van der Waals surface area (Å²) in [5, 5.41) is 4.48. The van der Waals surface area contributed by atoms with E-state index in [-0.39, 0.29) is 12.1 Å². The quantitative estimate of drug-likeness (QED) is 0.606. The Hall–Kier alpha value is -0.910. The first kappa shape index (κ1) is 13.5. The first-order valence-corrected chi connectivity index (χ1v) is 6.76. The van der Waals surface area contributed by atoms with Crippen LogP contribution in [0.3, 0.4) is 0 Å². The predicted octanol–water partition coefficient (Wildman–Crippen LogP) is 1.01. The Morgan fingerprint density at radius 2 is 2.44 bits per heavy atom. The molecule has 102 valence electrons. The number of aryl methyl sites for hydroxylation is 2. The second-order valence-electron chi connectivity index (χ2n) is 5.10. The summed E-state index contributed by atoms with van der Waals surface area (Å²) in [6.07, 6.45) is 2.27. The molecule has 5 nitrogen and oxygen atoms in total. The Labute approximate surface area is 109 Å². The van der Waals surface area contributed by atoms with Crippen LogP contribution < -0.4 is 11.3 Å². The van der Waals surface area contributed by atoms with E-state index in [1.54, 1.807) is 0 Å². The number of aromatic nitrogens is 2. The van der Waals surface area contributed by atoms with Gasteiger partial charge in [0.25, 0.3) is 0 Å². The zero-order chi connectivity index (χ0) is 13.1. The molecule has 2 rings (SSSR count). The zero-order valence-electron chi connectivity index (χ0n) is 11.5. The lowest BCUT2D eigenvalue weighted by Crippen LogP contribution is -2.45. The highest BCUT2D eigenvalue weighted by Crippen LogP contribution is 2.25. The highest BCUT2D eigenvalue weighted by Gasteiger charge is 2.31. The van der Waals surface area contributed by atoms with Gasteiger partial charge in [-0.3, -0.25) is 16.0 Å². The van der Waals surface area contributed by atoms with Crippen molar-refractivity contribution in [2.24, 2.45) is 11.8 Å². The average molecular weight is 252 g/mol. The fourth-order valence-electron chi connectivity index (χ4n) is 2.87. The van der Waals surface area contributed by atoms with Gasteiger partial charge in [0.2, 0.25) is 0 Å². The van der Waals surface area contributed by atoms with E-state index in [1.165, 1.54) is 5.69 Å². The van der Waals surface area contributed by atoms with Gasteiger partial charge in [-0.15, -0.1) is 0 Å². The van der Waals surface area contributed by atoms with Crippen molar-refractivity contribution < 1.29 is 4.74 Å². The summed E-state index contributed by atoms with van der Waals surface area (Å²) in [5.41, 5.74) is 5.28. The second kappa shape index (κ2) is 5.82. The predicted molar refractivity (Wildman–Crippen MR) is 71.0 cm³/mol. The van der Waals surface area contributed by atoms with Gasteiger partial charge < -0.3 is 4.74 Å². The van der Waals surface area contributed by atoms with Crippen LogP contribution in [0.5, 0.6) is 0 Å². The minimum Gasteiger partial charge on any atom is -0.378 e. The van der Waals surface area contributed by atoms with Crippen molar-refractivity contribution in [3.8, 4) is 0 Å². The molecule has 3 unspecified atom stereocenters. The molecule has 1 aliphatic rings. The highest BCUT2D eigenvalue weighted by atomic mass is 16.5. The molecule has 3 atom stereocenters. The van der Waals surface area contributed by atoms with Crippen molar-refractivity contribution in [3.63, 3.8) is 0 Å². The molecule has 1 aromatic heterocycles. The molecule has 1 saturated heterocycles. The normalized spacial score (nSPS) is 25.6. The Morgan fingerprint density at radius 3 is 3.00 bits per heavy atom. The van der Waals surface area contributed by atoms with E-state index < -0.39 is 0 Å². The van der Waals surface area contributed by atoms with E-state index >= 15 is 0 Å². The molecule has 0 spiro atoms. The number of nitrogens with two attached hydrogens (primary N) is 1. The number of hydrogen-bond acceptors (Lipinski definition) is 4. The topological polar surface area (TPSA) is 65.1 Å². The number of nitrogens with one attached hydrogen (secondary N) is 1. The average Bonchev–Trinajstić information content (AvgIpc) is 2.92. The molecular formula is C13H24N4O. The summed E-state index contributed by atoms with van der Waals surface area (Å²) in [7, 11) is 0. The van der Waals surface area contributed by atoms with Crippen LogP contribution in [0.1, 0.15) is 31.7 Å². The van der Waals surface area contributed by atoms with E-state index in [0.717, 1.165) is 31.7 Å². The molecule has 0 amide bonds. The minimum atomic E-state index is 0.254. The van der Waals surface area contributed by atoms with Gasteiger partial charge in [-0.2, -0.15) is 5.10 Å². The second-order valence-corrected chi connectivity index (χ2v) is 5.10. The Balaban J connectivity index is 2.09. The van der Waals surface area contributed by atoms with E-state index in [9.17, 15) is 0 Å². The fraction of sp³-hybridized carbons (Fsp3) is 0.769. The molecule has 2 heterocycles. The number of hydrazine groups is 1. The molecule has 3 N–H and O–H groups in total. The molecule has 18 heavy (non-hydrogen) atoms. The van der Waals surface area contributed by atoms with Crippen LogP contribution in [0.4, 0.5) is 0 Å². The number of ether oxygens (including phenoxy) is 1. The van der Waals surface area contributed by atoms with E-state index in [1.807, 2.05) is 6.92 Å². The lowest BCUT2D eigenvalue weighted by atomic mass is 9.90. The van der Waals surface area contributed by atoms with Crippen LogP contribution in [-0.4, -0.2) is 28.5 Å². The Bertz CT molecular complexity index is 390. The van der Waals surface area contributed by atoms with Crippen LogP contribution >= 0.6 is 0 Å². The van der Waals surface area contributed by atoms with Crippen molar-refractivity contribution in [2.45, 2.75) is 52.3 Å². The van der Waals surface area contributed by atoms with Crippen LogP contribution in [0, 0.1) is 12.8 Å². The van der Waals surface area contributed by atoms with Crippen molar-refractivity contribution >= 4 is 0 Å². The summed E-state index contributed by atoms with van der Waals surface area (Å²) < 4.78 is 7.69. The summed E-state index contributed by atoms with van der Waals surface area (Å²) in [6, 6.07) is 2.40. The van der Waals surface area contributed by atoms with E-state index in [2.05, 4.69) is 35.1 Å². The van der Waals surface area contributed by atoms with Crippen LogP contribution in [0.2, 0.25) is 0 Å². The lowest BCUT2D eigenvalue weighted by Gasteiger charge is -2.25. The third kappa shape index (κ3) is 2.74. The van der Waals surface area contributed by atoms with Crippen LogP contribution in [-0.2, 0) is 17.7 Å². The molecule has 5 heteroatoms. The van der Waals surface area contributed by atoms with Crippen molar-refractivity contribution in [1.29, 1.82) is 0 Å². The summed E-state index contributed by atoms with van der Waals surface area (Å²) in [6.45, 7) is 8.02. The largest absolute Gasteiger partial charge is 0.378 e. The standard InChI is InChI=1S/C13H24N4O/c1-4-17-11(7-9(2)16-17)8-13(15-14)12-5-6-18-10(12)3/h7,10,12-13,15H,4-6,8,14H2,1-3H3. The third-order valence-electron chi connectivity index (χ3n) is 3.88. The van der Waals surface area contributed by atoms with Gasteiger partial charge in [0.15, 0.2) is 0 Å². The molecule has 0 aromatic carbocycles. The molecule has 0 radical (unpaired) electrons. The zero-order valence-corrected chi connectivity index (χ0v) is 11.5. The summed E-state index contributed by atoms with van der Waals surface area (Å²) in [4.78, 5) is 0. The van der Waals surface area contributed by atoms with Crippen molar-refractivity contribution in [1.82, 2.24) is 15.2 Å². The van der Waals surface area contributed by atoms with Gasteiger partial charge >= 0.3 is 0 Å². The number of hydrogen-bond donors (Lipinski definition) is 2. The van der Waals surface area contributed by atoms with Gasteiger partial charge in [0.1, 0.15) is 0 Å². The maximum absolute atomic E-state index is 5.73. The number of nitrogens with zero attached hydrogens (tertiary/aromatic N) is 2.